The summed E-state index contributed by atoms with van der Waals surface area (Å²) in [6.07, 6.45) is 11.4. The Balaban J connectivity index is 1.28. The molecule has 2 amide bonds. The van der Waals surface area contributed by atoms with Crippen molar-refractivity contribution in [2.75, 3.05) is 13.1 Å². The van der Waals surface area contributed by atoms with E-state index in [1.807, 2.05) is 4.90 Å². The summed E-state index contributed by atoms with van der Waals surface area (Å²) in [5.41, 5.74) is 0.0503. The normalized spacial score (nSPS) is 45.1. The van der Waals surface area contributed by atoms with Crippen LogP contribution >= 0.6 is 0 Å². The maximum Gasteiger partial charge on any atom is 0.243 e. The first-order valence-corrected chi connectivity index (χ1v) is 10.5. The highest BCUT2D eigenvalue weighted by molar-refractivity contribution is 5.90. The van der Waals surface area contributed by atoms with E-state index in [0.29, 0.717) is 0 Å². The van der Waals surface area contributed by atoms with Gasteiger partial charge in [-0.1, -0.05) is 0 Å². The maximum absolute atomic E-state index is 13.1. The van der Waals surface area contributed by atoms with Gasteiger partial charge in [-0.05, 0) is 88.5 Å². The Morgan fingerprint density at radius 3 is 2.24 bits per heavy atom. The number of amides is 2. The fraction of sp³-hybridized carbons (Fsp3) is 0.900. The number of hydrogen-bond donors (Lipinski definition) is 2. The molecule has 0 spiro atoms. The first-order chi connectivity index (χ1) is 12.1. The van der Waals surface area contributed by atoms with Crippen molar-refractivity contribution >= 4 is 11.8 Å². The number of nitrogens with zero attached hydrogens (tertiary/aromatic N) is 1. The fourth-order valence-corrected chi connectivity index (χ4v) is 7.01. The second kappa shape index (κ2) is 5.97. The SMILES string of the molecule is O=C(NC12CC3CC(CC(C3)C1)C2)[C@H]1CCCN1C(=O)[C@@H]1CCCN1. The monoisotopic (exact) mass is 345 g/mol. The smallest absolute Gasteiger partial charge is 0.243 e. The highest BCUT2D eigenvalue weighted by atomic mass is 16.2. The summed E-state index contributed by atoms with van der Waals surface area (Å²) in [7, 11) is 0. The molecule has 2 N–H and O–H groups in total. The number of nitrogens with one attached hydrogen (secondary N) is 2. The minimum absolute atomic E-state index is 0.0503. The molecule has 0 aromatic carbocycles. The Morgan fingerprint density at radius 1 is 0.960 bits per heavy atom. The lowest BCUT2D eigenvalue weighted by molar-refractivity contribution is -0.142. The number of carbonyl (C=O) groups excluding carboxylic acids is 2. The van der Waals surface area contributed by atoms with E-state index in [1.54, 1.807) is 0 Å². The van der Waals surface area contributed by atoms with Crippen LogP contribution in [0.1, 0.15) is 64.2 Å². The van der Waals surface area contributed by atoms with Gasteiger partial charge in [0.2, 0.25) is 11.8 Å². The third-order valence-electron chi connectivity index (χ3n) is 7.62. The zero-order valence-electron chi connectivity index (χ0n) is 15.1. The van der Waals surface area contributed by atoms with Crippen LogP contribution in [0.25, 0.3) is 0 Å². The average molecular weight is 345 g/mol. The molecule has 25 heavy (non-hydrogen) atoms. The van der Waals surface area contributed by atoms with Gasteiger partial charge in [0.15, 0.2) is 0 Å². The summed E-state index contributed by atoms with van der Waals surface area (Å²) >= 11 is 0. The minimum Gasteiger partial charge on any atom is -0.349 e. The maximum atomic E-state index is 13.1. The van der Waals surface area contributed by atoms with Gasteiger partial charge in [0.25, 0.3) is 0 Å². The van der Waals surface area contributed by atoms with Crippen molar-refractivity contribution in [1.82, 2.24) is 15.5 Å². The number of rotatable bonds is 3. The molecule has 4 saturated carbocycles. The molecule has 2 aliphatic heterocycles. The van der Waals surface area contributed by atoms with Crippen molar-refractivity contribution in [3.05, 3.63) is 0 Å². The summed E-state index contributed by atoms with van der Waals surface area (Å²) in [6, 6.07) is -0.296. The molecule has 6 rings (SSSR count). The molecule has 2 saturated heterocycles. The average Bonchev–Trinajstić information content (AvgIpc) is 3.24. The topological polar surface area (TPSA) is 61.4 Å². The summed E-state index contributed by atoms with van der Waals surface area (Å²) in [4.78, 5) is 27.8. The molecule has 0 aromatic heterocycles. The highest BCUT2D eigenvalue weighted by Crippen LogP contribution is 2.55. The van der Waals surface area contributed by atoms with E-state index in [9.17, 15) is 9.59 Å². The van der Waals surface area contributed by atoms with Crippen LogP contribution in [-0.4, -0.2) is 47.4 Å². The van der Waals surface area contributed by atoms with E-state index in [2.05, 4.69) is 10.6 Å². The molecule has 0 aromatic rings. The molecular formula is C20H31N3O2. The molecular weight excluding hydrogens is 314 g/mol. The predicted octanol–water partition coefficient (Wildman–Crippen LogP) is 1.81. The van der Waals surface area contributed by atoms with E-state index in [4.69, 9.17) is 0 Å². The first-order valence-electron chi connectivity index (χ1n) is 10.5. The van der Waals surface area contributed by atoms with Crippen LogP contribution < -0.4 is 10.6 Å². The van der Waals surface area contributed by atoms with Crippen LogP contribution in [-0.2, 0) is 9.59 Å². The summed E-state index contributed by atoms with van der Waals surface area (Å²) in [5, 5.41) is 6.79. The lowest BCUT2D eigenvalue weighted by atomic mass is 9.53. The molecule has 6 aliphatic rings. The fourth-order valence-electron chi connectivity index (χ4n) is 7.01. The molecule has 0 unspecified atom stereocenters. The Kier molecular flexibility index (Phi) is 3.84. The molecule has 5 nitrogen and oxygen atoms in total. The van der Waals surface area contributed by atoms with Crippen molar-refractivity contribution in [1.29, 1.82) is 0 Å². The van der Waals surface area contributed by atoms with Gasteiger partial charge in [0.05, 0.1) is 6.04 Å². The molecule has 0 radical (unpaired) electrons. The van der Waals surface area contributed by atoms with Crippen molar-refractivity contribution < 1.29 is 9.59 Å². The zero-order valence-corrected chi connectivity index (χ0v) is 15.1. The van der Waals surface area contributed by atoms with Crippen molar-refractivity contribution in [3.63, 3.8) is 0 Å². The van der Waals surface area contributed by atoms with Crippen LogP contribution in [0.4, 0.5) is 0 Å². The Morgan fingerprint density at radius 2 is 1.64 bits per heavy atom. The third-order valence-corrected chi connectivity index (χ3v) is 7.62. The molecule has 6 fully saturated rings. The van der Waals surface area contributed by atoms with Crippen LogP contribution in [0.2, 0.25) is 0 Å². The first kappa shape index (κ1) is 16.1. The molecule has 138 valence electrons. The van der Waals surface area contributed by atoms with E-state index in [-0.39, 0.29) is 29.4 Å². The highest BCUT2D eigenvalue weighted by Gasteiger charge is 2.52. The van der Waals surface area contributed by atoms with Gasteiger partial charge in [0, 0.05) is 12.1 Å². The Bertz CT molecular complexity index is 534. The largest absolute Gasteiger partial charge is 0.349 e. The molecule has 2 atom stereocenters. The van der Waals surface area contributed by atoms with Gasteiger partial charge < -0.3 is 15.5 Å². The lowest BCUT2D eigenvalue weighted by Crippen LogP contribution is -2.62. The van der Waals surface area contributed by atoms with Gasteiger partial charge >= 0.3 is 0 Å². The van der Waals surface area contributed by atoms with Gasteiger partial charge in [-0.25, -0.2) is 0 Å². The van der Waals surface area contributed by atoms with Crippen molar-refractivity contribution in [2.24, 2.45) is 17.8 Å². The predicted molar refractivity (Wildman–Crippen MR) is 94.8 cm³/mol. The Hall–Kier alpha value is -1.10. The van der Waals surface area contributed by atoms with Crippen LogP contribution in [0.15, 0.2) is 0 Å². The van der Waals surface area contributed by atoms with Gasteiger partial charge in [-0.3, -0.25) is 9.59 Å². The third kappa shape index (κ3) is 2.79. The van der Waals surface area contributed by atoms with Gasteiger partial charge in [-0.2, -0.15) is 0 Å². The summed E-state index contributed by atoms with van der Waals surface area (Å²) in [6.45, 7) is 1.67. The molecule has 5 heteroatoms. The quantitative estimate of drug-likeness (QED) is 0.820. The van der Waals surface area contributed by atoms with E-state index in [0.717, 1.165) is 56.5 Å². The van der Waals surface area contributed by atoms with E-state index >= 15 is 0 Å². The van der Waals surface area contributed by atoms with Gasteiger partial charge in [0.1, 0.15) is 6.04 Å². The van der Waals surface area contributed by atoms with Gasteiger partial charge in [-0.15, -0.1) is 0 Å². The number of carbonyl (C=O) groups is 2. The summed E-state index contributed by atoms with van der Waals surface area (Å²) in [5.74, 6) is 2.77. The molecule has 2 heterocycles. The summed E-state index contributed by atoms with van der Waals surface area (Å²) < 4.78 is 0. The lowest BCUT2D eigenvalue weighted by Gasteiger charge is -2.57. The van der Waals surface area contributed by atoms with Crippen LogP contribution in [0.3, 0.4) is 0 Å². The second-order valence-corrected chi connectivity index (χ2v) is 9.53. The van der Waals surface area contributed by atoms with Crippen molar-refractivity contribution in [3.8, 4) is 0 Å². The standard InChI is InChI=1S/C20H31N3O2/c24-18(17-4-2-6-23(17)19(25)16-3-1-5-21-16)22-20-10-13-7-14(11-20)9-15(8-13)12-20/h13-17,21H,1-12H2,(H,22,24)/t13?,14?,15?,16-,17+,20?/m0/s1. The number of likely N-dealkylation sites (tertiary alicyclic amines) is 1. The van der Waals surface area contributed by atoms with E-state index in [1.165, 1.54) is 38.5 Å². The number of hydrogen-bond acceptors (Lipinski definition) is 3. The van der Waals surface area contributed by atoms with E-state index < -0.39 is 0 Å². The van der Waals surface area contributed by atoms with Crippen LogP contribution in [0.5, 0.6) is 0 Å². The zero-order chi connectivity index (χ0) is 17.0. The second-order valence-electron chi connectivity index (χ2n) is 9.53. The molecule has 4 aliphatic carbocycles. The van der Waals surface area contributed by atoms with Crippen molar-refractivity contribution in [2.45, 2.75) is 81.8 Å². The minimum atomic E-state index is -0.233. The Labute approximate surface area is 150 Å². The molecule has 4 bridgehead atoms. The van der Waals surface area contributed by atoms with Crippen LogP contribution in [0, 0.1) is 17.8 Å².